The average Bonchev–Trinajstić information content (AvgIpc) is 2.60. The minimum atomic E-state index is 0.0969. The second kappa shape index (κ2) is 10.5. The molecule has 0 aliphatic carbocycles. The number of nitrogens with one attached hydrogen (secondary N) is 1. The highest BCUT2D eigenvalue weighted by atomic mass is 16.5. The van der Waals surface area contributed by atoms with Gasteiger partial charge in [-0.15, -0.1) is 0 Å². The van der Waals surface area contributed by atoms with E-state index in [2.05, 4.69) is 10.2 Å². The minimum absolute atomic E-state index is 0.0969. The number of likely N-dealkylation sites (tertiary alicyclic amines) is 1. The summed E-state index contributed by atoms with van der Waals surface area (Å²) in [7, 11) is 0. The van der Waals surface area contributed by atoms with Gasteiger partial charge in [-0.25, -0.2) is 0 Å². The summed E-state index contributed by atoms with van der Waals surface area (Å²) in [6, 6.07) is 6.06. The molecule has 1 aliphatic rings. The molecule has 2 rings (SSSR count). The van der Waals surface area contributed by atoms with Crippen LogP contribution in [-0.4, -0.2) is 54.9 Å². The van der Waals surface area contributed by atoms with E-state index in [1.54, 1.807) is 0 Å². The fourth-order valence-electron chi connectivity index (χ4n) is 3.29. The van der Waals surface area contributed by atoms with Crippen LogP contribution < -0.4 is 5.32 Å². The Morgan fingerprint density at radius 1 is 1.24 bits per heavy atom. The Hall–Kier alpha value is -1.43. The SMILES string of the molecule is Cc1cccc(C)c1NC(=O)CCCN1CCC(OCCCO)CC1. The van der Waals surface area contributed by atoms with Gasteiger partial charge in [-0.3, -0.25) is 4.79 Å². The van der Waals surface area contributed by atoms with E-state index in [1.165, 1.54) is 0 Å². The molecule has 0 radical (unpaired) electrons. The molecule has 1 saturated heterocycles. The van der Waals surface area contributed by atoms with Gasteiger partial charge in [0, 0.05) is 38.4 Å². The second-order valence-corrected chi connectivity index (χ2v) is 6.91. The first-order chi connectivity index (χ1) is 12.1. The Morgan fingerprint density at radius 2 is 1.92 bits per heavy atom. The predicted molar refractivity (Wildman–Crippen MR) is 101 cm³/mol. The fourth-order valence-corrected chi connectivity index (χ4v) is 3.29. The summed E-state index contributed by atoms with van der Waals surface area (Å²) < 4.78 is 5.75. The highest BCUT2D eigenvalue weighted by Crippen LogP contribution is 2.20. The molecule has 0 spiro atoms. The number of aryl methyl sites for hydroxylation is 2. The molecule has 2 N–H and O–H groups in total. The van der Waals surface area contributed by atoms with Crippen LogP contribution in [0.4, 0.5) is 5.69 Å². The summed E-state index contributed by atoms with van der Waals surface area (Å²) in [6.07, 6.45) is 4.57. The minimum Gasteiger partial charge on any atom is -0.396 e. The molecule has 1 aromatic rings. The van der Waals surface area contributed by atoms with Crippen molar-refractivity contribution >= 4 is 11.6 Å². The smallest absolute Gasteiger partial charge is 0.224 e. The molecule has 1 heterocycles. The van der Waals surface area contributed by atoms with Crippen molar-refractivity contribution in [2.45, 2.75) is 52.1 Å². The van der Waals surface area contributed by atoms with Gasteiger partial charge in [0.25, 0.3) is 0 Å². The van der Waals surface area contributed by atoms with Crippen molar-refractivity contribution in [2.24, 2.45) is 0 Å². The summed E-state index contributed by atoms with van der Waals surface area (Å²) in [6.45, 7) is 7.92. The number of rotatable bonds is 9. The number of hydrogen-bond acceptors (Lipinski definition) is 4. The lowest BCUT2D eigenvalue weighted by Gasteiger charge is -2.31. The number of hydrogen-bond donors (Lipinski definition) is 2. The van der Waals surface area contributed by atoms with E-state index in [1.807, 2.05) is 32.0 Å². The molecule has 5 heteroatoms. The fraction of sp³-hybridized carbons (Fsp3) is 0.650. The third-order valence-corrected chi connectivity index (χ3v) is 4.81. The molecule has 0 atom stereocenters. The van der Waals surface area contributed by atoms with Crippen LogP contribution in [0.2, 0.25) is 0 Å². The maximum Gasteiger partial charge on any atom is 0.224 e. The number of aliphatic hydroxyl groups is 1. The third kappa shape index (κ3) is 6.77. The molecule has 25 heavy (non-hydrogen) atoms. The van der Waals surface area contributed by atoms with Crippen LogP contribution in [0.3, 0.4) is 0 Å². The first-order valence-electron chi connectivity index (χ1n) is 9.41. The number of nitrogens with zero attached hydrogens (tertiary/aromatic N) is 1. The molecule has 0 unspecified atom stereocenters. The van der Waals surface area contributed by atoms with Crippen molar-refractivity contribution in [3.8, 4) is 0 Å². The van der Waals surface area contributed by atoms with E-state index in [9.17, 15) is 4.79 Å². The molecule has 140 valence electrons. The second-order valence-electron chi connectivity index (χ2n) is 6.91. The monoisotopic (exact) mass is 348 g/mol. The molecule has 1 aliphatic heterocycles. The lowest BCUT2D eigenvalue weighted by molar-refractivity contribution is -0.116. The Labute approximate surface area is 151 Å². The molecule has 5 nitrogen and oxygen atoms in total. The molecule has 1 fully saturated rings. The average molecular weight is 348 g/mol. The maximum absolute atomic E-state index is 12.2. The summed E-state index contributed by atoms with van der Waals surface area (Å²) in [5, 5.41) is 11.8. The van der Waals surface area contributed by atoms with Gasteiger partial charge in [-0.2, -0.15) is 0 Å². The number of aliphatic hydroxyl groups excluding tert-OH is 1. The van der Waals surface area contributed by atoms with Crippen LogP contribution in [-0.2, 0) is 9.53 Å². The van der Waals surface area contributed by atoms with Crippen molar-refractivity contribution in [1.29, 1.82) is 0 Å². The topological polar surface area (TPSA) is 61.8 Å². The van der Waals surface area contributed by atoms with E-state index in [0.717, 1.165) is 62.1 Å². The molecule has 0 bridgehead atoms. The number of carbonyl (C=O) groups is 1. The van der Waals surface area contributed by atoms with Gasteiger partial charge in [-0.1, -0.05) is 18.2 Å². The number of ether oxygens (including phenoxy) is 1. The molecular weight excluding hydrogens is 316 g/mol. The zero-order valence-electron chi connectivity index (χ0n) is 15.6. The first-order valence-corrected chi connectivity index (χ1v) is 9.41. The van der Waals surface area contributed by atoms with Gasteiger partial charge in [0.2, 0.25) is 5.91 Å². The van der Waals surface area contributed by atoms with E-state index in [4.69, 9.17) is 9.84 Å². The van der Waals surface area contributed by atoms with Crippen LogP contribution >= 0.6 is 0 Å². The normalized spacial score (nSPS) is 16.1. The van der Waals surface area contributed by atoms with Crippen LogP contribution in [0.25, 0.3) is 0 Å². The highest BCUT2D eigenvalue weighted by Gasteiger charge is 2.19. The molecule has 1 amide bonds. The van der Waals surface area contributed by atoms with E-state index in [-0.39, 0.29) is 12.5 Å². The molecule has 1 aromatic carbocycles. The molecule has 0 saturated carbocycles. The van der Waals surface area contributed by atoms with Crippen LogP contribution in [0.1, 0.15) is 43.2 Å². The maximum atomic E-state index is 12.2. The zero-order valence-corrected chi connectivity index (χ0v) is 15.6. The van der Waals surface area contributed by atoms with Gasteiger partial charge >= 0.3 is 0 Å². The van der Waals surface area contributed by atoms with E-state index < -0.39 is 0 Å². The summed E-state index contributed by atoms with van der Waals surface area (Å²) >= 11 is 0. The van der Waals surface area contributed by atoms with Gasteiger partial charge in [0.15, 0.2) is 0 Å². The molecular formula is C20H32N2O3. The number of para-hydroxylation sites is 1. The Bertz CT molecular complexity index is 519. The highest BCUT2D eigenvalue weighted by molar-refractivity contribution is 5.92. The van der Waals surface area contributed by atoms with E-state index >= 15 is 0 Å². The zero-order chi connectivity index (χ0) is 18.1. The van der Waals surface area contributed by atoms with Crippen LogP contribution in [0.15, 0.2) is 18.2 Å². The Morgan fingerprint density at radius 3 is 2.56 bits per heavy atom. The van der Waals surface area contributed by atoms with Crippen molar-refractivity contribution in [3.05, 3.63) is 29.3 Å². The quantitative estimate of drug-likeness (QED) is 0.674. The standard InChI is InChI=1S/C20H32N2O3/c1-16-6-3-7-17(2)20(16)21-19(24)8-4-11-22-12-9-18(10-13-22)25-15-5-14-23/h3,6-7,18,23H,4-5,8-15H2,1-2H3,(H,21,24). The van der Waals surface area contributed by atoms with Crippen molar-refractivity contribution in [3.63, 3.8) is 0 Å². The Kier molecular flexibility index (Phi) is 8.38. The van der Waals surface area contributed by atoms with Gasteiger partial charge in [0.1, 0.15) is 0 Å². The number of anilines is 1. The third-order valence-electron chi connectivity index (χ3n) is 4.81. The van der Waals surface area contributed by atoms with E-state index in [0.29, 0.717) is 19.1 Å². The van der Waals surface area contributed by atoms with Crippen LogP contribution in [0, 0.1) is 13.8 Å². The van der Waals surface area contributed by atoms with Crippen molar-refractivity contribution in [2.75, 3.05) is 38.2 Å². The largest absolute Gasteiger partial charge is 0.396 e. The van der Waals surface area contributed by atoms with Crippen LogP contribution in [0.5, 0.6) is 0 Å². The lowest BCUT2D eigenvalue weighted by atomic mass is 10.1. The molecule has 0 aromatic heterocycles. The summed E-state index contributed by atoms with van der Waals surface area (Å²) in [5.74, 6) is 0.0969. The first kappa shape index (κ1) is 19.9. The number of piperidine rings is 1. The van der Waals surface area contributed by atoms with Gasteiger partial charge in [0.05, 0.1) is 6.10 Å². The van der Waals surface area contributed by atoms with Gasteiger partial charge < -0.3 is 20.1 Å². The predicted octanol–water partition coefficient (Wildman–Crippen LogP) is 2.89. The number of benzene rings is 1. The Balaban J connectivity index is 1.62. The van der Waals surface area contributed by atoms with Crippen molar-refractivity contribution in [1.82, 2.24) is 4.90 Å². The summed E-state index contributed by atoms with van der Waals surface area (Å²) in [4.78, 5) is 14.6. The lowest BCUT2D eigenvalue weighted by Crippen LogP contribution is -2.38. The van der Waals surface area contributed by atoms with Gasteiger partial charge in [-0.05, 0) is 57.2 Å². The van der Waals surface area contributed by atoms with Crippen molar-refractivity contribution < 1.29 is 14.6 Å². The number of amides is 1. The number of carbonyl (C=O) groups excluding carboxylic acids is 1. The summed E-state index contributed by atoms with van der Waals surface area (Å²) in [5.41, 5.74) is 3.17.